The Morgan fingerprint density at radius 3 is 2.40 bits per heavy atom. The molecular weight excluding hydrogens is 256 g/mol. The van der Waals surface area contributed by atoms with Gasteiger partial charge in [0.05, 0.1) is 13.2 Å². The first-order valence-corrected chi connectivity index (χ1v) is 7.10. The zero-order valence-electron chi connectivity index (χ0n) is 12.3. The summed E-state index contributed by atoms with van der Waals surface area (Å²) in [6.45, 7) is 6.17. The fourth-order valence-corrected chi connectivity index (χ4v) is 1.59. The van der Waals surface area contributed by atoms with E-state index in [9.17, 15) is 4.79 Å². The van der Waals surface area contributed by atoms with Crippen molar-refractivity contribution < 1.29 is 14.3 Å². The molecule has 1 rings (SSSR count). The molecule has 0 bridgehead atoms. The van der Waals surface area contributed by atoms with Crippen molar-refractivity contribution >= 4 is 5.91 Å². The van der Waals surface area contributed by atoms with E-state index >= 15 is 0 Å². The summed E-state index contributed by atoms with van der Waals surface area (Å²) in [7, 11) is 0. The quantitative estimate of drug-likeness (QED) is 0.725. The van der Waals surface area contributed by atoms with E-state index in [4.69, 9.17) is 15.2 Å². The molecule has 0 unspecified atom stereocenters. The van der Waals surface area contributed by atoms with Crippen molar-refractivity contribution in [3.63, 3.8) is 0 Å². The van der Waals surface area contributed by atoms with Crippen LogP contribution in [0.3, 0.4) is 0 Å². The first-order chi connectivity index (χ1) is 9.72. The highest BCUT2D eigenvalue weighted by molar-refractivity contribution is 5.94. The topological polar surface area (TPSA) is 73.6 Å². The standard InChI is InChI=1S/C15H24N2O3/c1-3-9-19-13-6-5-12(15(18)17-8-7-16)11-14(13)20-10-4-2/h5-6,11H,3-4,7-10,16H2,1-2H3,(H,17,18). The summed E-state index contributed by atoms with van der Waals surface area (Å²) in [5.41, 5.74) is 5.92. The Morgan fingerprint density at radius 1 is 1.15 bits per heavy atom. The predicted octanol–water partition coefficient (Wildman–Crippen LogP) is 1.95. The molecule has 0 aliphatic carbocycles. The smallest absolute Gasteiger partial charge is 0.251 e. The maximum absolute atomic E-state index is 11.9. The summed E-state index contributed by atoms with van der Waals surface area (Å²) in [6, 6.07) is 5.22. The van der Waals surface area contributed by atoms with Gasteiger partial charge < -0.3 is 20.5 Å². The molecule has 0 aliphatic heterocycles. The van der Waals surface area contributed by atoms with E-state index in [-0.39, 0.29) is 5.91 Å². The summed E-state index contributed by atoms with van der Waals surface area (Å²) in [4.78, 5) is 11.9. The van der Waals surface area contributed by atoms with E-state index in [0.29, 0.717) is 43.4 Å². The van der Waals surface area contributed by atoms with Gasteiger partial charge in [0.2, 0.25) is 0 Å². The third-order valence-electron chi connectivity index (χ3n) is 2.56. The molecule has 20 heavy (non-hydrogen) atoms. The average Bonchev–Trinajstić information content (AvgIpc) is 2.48. The molecule has 5 heteroatoms. The number of rotatable bonds is 9. The summed E-state index contributed by atoms with van der Waals surface area (Å²) in [5.74, 6) is 1.13. The minimum absolute atomic E-state index is 0.154. The number of nitrogens with one attached hydrogen (secondary N) is 1. The van der Waals surface area contributed by atoms with Gasteiger partial charge in [-0.3, -0.25) is 4.79 Å². The van der Waals surface area contributed by atoms with Crippen LogP contribution < -0.4 is 20.5 Å². The van der Waals surface area contributed by atoms with Crippen molar-refractivity contribution in [1.29, 1.82) is 0 Å². The fraction of sp³-hybridized carbons (Fsp3) is 0.533. The Bertz CT molecular complexity index is 422. The van der Waals surface area contributed by atoms with Gasteiger partial charge in [-0.05, 0) is 31.0 Å². The number of hydrogen-bond donors (Lipinski definition) is 2. The van der Waals surface area contributed by atoms with E-state index < -0.39 is 0 Å². The number of amides is 1. The molecule has 0 aliphatic rings. The van der Waals surface area contributed by atoms with Gasteiger partial charge in [0, 0.05) is 18.7 Å². The summed E-state index contributed by atoms with van der Waals surface area (Å²) in [5, 5.41) is 2.73. The van der Waals surface area contributed by atoms with Crippen molar-refractivity contribution in [2.45, 2.75) is 26.7 Å². The first-order valence-electron chi connectivity index (χ1n) is 7.10. The van der Waals surface area contributed by atoms with Crippen LogP contribution >= 0.6 is 0 Å². The number of carbonyl (C=O) groups is 1. The maximum atomic E-state index is 11.9. The lowest BCUT2D eigenvalue weighted by molar-refractivity contribution is 0.0954. The molecule has 0 atom stereocenters. The van der Waals surface area contributed by atoms with Crippen LogP contribution in [0.25, 0.3) is 0 Å². The van der Waals surface area contributed by atoms with Crippen molar-refractivity contribution in [3.8, 4) is 11.5 Å². The molecule has 0 radical (unpaired) electrons. The predicted molar refractivity (Wildman–Crippen MR) is 79.4 cm³/mol. The molecule has 5 nitrogen and oxygen atoms in total. The second-order valence-electron chi connectivity index (χ2n) is 4.40. The second-order valence-corrected chi connectivity index (χ2v) is 4.40. The third kappa shape index (κ3) is 5.09. The Kier molecular flexibility index (Phi) is 7.50. The molecule has 1 amide bonds. The highest BCUT2D eigenvalue weighted by Crippen LogP contribution is 2.28. The van der Waals surface area contributed by atoms with E-state index in [0.717, 1.165) is 12.8 Å². The summed E-state index contributed by atoms with van der Waals surface area (Å²) in [6.07, 6.45) is 1.82. The van der Waals surface area contributed by atoms with Crippen molar-refractivity contribution in [2.75, 3.05) is 26.3 Å². The van der Waals surface area contributed by atoms with Gasteiger partial charge in [0.1, 0.15) is 0 Å². The zero-order chi connectivity index (χ0) is 14.8. The Balaban J connectivity index is 2.85. The fourth-order valence-electron chi connectivity index (χ4n) is 1.59. The second kappa shape index (κ2) is 9.20. The normalized spacial score (nSPS) is 10.2. The lowest BCUT2D eigenvalue weighted by Crippen LogP contribution is -2.28. The van der Waals surface area contributed by atoms with Gasteiger partial charge in [-0.2, -0.15) is 0 Å². The van der Waals surface area contributed by atoms with Gasteiger partial charge in [0.15, 0.2) is 11.5 Å². The number of benzene rings is 1. The monoisotopic (exact) mass is 280 g/mol. The average molecular weight is 280 g/mol. The molecule has 3 N–H and O–H groups in total. The number of nitrogens with two attached hydrogens (primary N) is 1. The molecule has 112 valence electrons. The summed E-state index contributed by atoms with van der Waals surface area (Å²) < 4.78 is 11.3. The Morgan fingerprint density at radius 2 is 1.80 bits per heavy atom. The Hall–Kier alpha value is -1.75. The SMILES string of the molecule is CCCOc1ccc(C(=O)NCCN)cc1OCCC. The van der Waals surface area contributed by atoms with E-state index in [1.165, 1.54) is 0 Å². The van der Waals surface area contributed by atoms with Crippen LogP contribution in [0.15, 0.2) is 18.2 Å². The van der Waals surface area contributed by atoms with Crippen LogP contribution in [0, 0.1) is 0 Å². The van der Waals surface area contributed by atoms with Gasteiger partial charge in [-0.1, -0.05) is 13.8 Å². The molecule has 0 fully saturated rings. The molecule has 0 saturated heterocycles. The lowest BCUT2D eigenvalue weighted by Gasteiger charge is -2.13. The van der Waals surface area contributed by atoms with Crippen molar-refractivity contribution in [2.24, 2.45) is 5.73 Å². The molecule has 0 spiro atoms. The first kappa shape index (κ1) is 16.3. The minimum atomic E-state index is -0.154. The van der Waals surface area contributed by atoms with Crippen LogP contribution in [0.2, 0.25) is 0 Å². The lowest BCUT2D eigenvalue weighted by atomic mass is 10.2. The van der Waals surface area contributed by atoms with Crippen molar-refractivity contribution in [3.05, 3.63) is 23.8 Å². The molecule has 1 aromatic carbocycles. The van der Waals surface area contributed by atoms with Gasteiger partial charge >= 0.3 is 0 Å². The van der Waals surface area contributed by atoms with Gasteiger partial charge in [-0.15, -0.1) is 0 Å². The zero-order valence-corrected chi connectivity index (χ0v) is 12.3. The van der Waals surface area contributed by atoms with Crippen LogP contribution in [0.4, 0.5) is 0 Å². The molecular formula is C15H24N2O3. The highest BCUT2D eigenvalue weighted by Gasteiger charge is 2.11. The van der Waals surface area contributed by atoms with Gasteiger partial charge in [0.25, 0.3) is 5.91 Å². The molecule has 0 heterocycles. The minimum Gasteiger partial charge on any atom is -0.490 e. The van der Waals surface area contributed by atoms with E-state index in [2.05, 4.69) is 5.32 Å². The highest BCUT2D eigenvalue weighted by atomic mass is 16.5. The third-order valence-corrected chi connectivity index (χ3v) is 2.56. The molecule has 0 aromatic heterocycles. The number of ether oxygens (including phenoxy) is 2. The van der Waals surface area contributed by atoms with E-state index in [1.807, 2.05) is 13.8 Å². The molecule has 1 aromatic rings. The van der Waals surface area contributed by atoms with Crippen LogP contribution in [-0.4, -0.2) is 32.2 Å². The van der Waals surface area contributed by atoms with E-state index in [1.54, 1.807) is 18.2 Å². The number of hydrogen-bond acceptors (Lipinski definition) is 4. The maximum Gasteiger partial charge on any atom is 0.251 e. The number of carbonyl (C=O) groups excluding carboxylic acids is 1. The van der Waals surface area contributed by atoms with Crippen LogP contribution in [0.5, 0.6) is 11.5 Å². The molecule has 0 saturated carbocycles. The summed E-state index contributed by atoms with van der Waals surface area (Å²) >= 11 is 0. The largest absolute Gasteiger partial charge is 0.490 e. The van der Waals surface area contributed by atoms with Crippen LogP contribution in [0.1, 0.15) is 37.0 Å². The van der Waals surface area contributed by atoms with Gasteiger partial charge in [-0.25, -0.2) is 0 Å². The Labute approximate surface area is 120 Å². The van der Waals surface area contributed by atoms with Crippen molar-refractivity contribution in [1.82, 2.24) is 5.32 Å². The van der Waals surface area contributed by atoms with Crippen LogP contribution in [-0.2, 0) is 0 Å².